The van der Waals surface area contributed by atoms with Gasteiger partial charge >= 0.3 is 5.97 Å². The average Bonchev–Trinajstić information content (AvgIpc) is 3.30. The number of benzene rings is 3. The first-order chi connectivity index (χ1) is 16.4. The molecular formula is C25H19Cl2N3O4. The number of rotatable bonds is 7. The molecule has 0 bridgehead atoms. The molecule has 0 atom stereocenters. The second-order valence-corrected chi connectivity index (χ2v) is 8.15. The van der Waals surface area contributed by atoms with Crippen LogP contribution in [0.1, 0.15) is 26.4 Å². The minimum Gasteiger partial charge on any atom is -0.497 e. The number of methoxy groups -OCH3 is 1. The normalized spacial score (nSPS) is 10.7. The van der Waals surface area contributed by atoms with E-state index >= 15 is 0 Å². The fraction of sp³-hybridized carbons (Fsp3) is 0.0800. The fourth-order valence-corrected chi connectivity index (χ4v) is 3.62. The first-order valence-electron chi connectivity index (χ1n) is 10.2. The predicted octanol–water partition coefficient (Wildman–Crippen LogP) is 5.48. The van der Waals surface area contributed by atoms with E-state index in [2.05, 4.69) is 10.4 Å². The zero-order chi connectivity index (χ0) is 24.2. The molecule has 0 saturated heterocycles. The number of nitrogens with zero attached hydrogens (tertiary/aromatic N) is 2. The third-order valence-electron chi connectivity index (χ3n) is 5.13. The monoisotopic (exact) mass is 495 g/mol. The highest BCUT2D eigenvalue weighted by molar-refractivity contribution is 6.42. The van der Waals surface area contributed by atoms with Crippen LogP contribution in [0.25, 0.3) is 16.9 Å². The number of carboxylic acid groups (broad SMARTS) is 1. The van der Waals surface area contributed by atoms with Crippen LogP contribution in [0.15, 0.2) is 72.8 Å². The van der Waals surface area contributed by atoms with E-state index in [1.807, 2.05) is 24.3 Å². The molecule has 0 fully saturated rings. The van der Waals surface area contributed by atoms with Crippen molar-refractivity contribution in [1.29, 1.82) is 0 Å². The van der Waals surface area contributed by atoms with Crippen molar-refractivity contribution in [2.75, 3.05) is 7.11 Å². The van der Waals surface area contributed by atoms with E-state index in [0.717, 1.165) is 11.3 Å². The number of aromatic carboxylic acids is 1. The molecule has 1 aromatic heterocycles. The smallest absolute Gasteiger partial charge is 0.356 e. The lowest BCUT2D eigenvalue weighted by molar-refractivity contribution is 0.0689. The Morgan fingerprint density at radius 1 is 0.971 bits per heavy atom. The Bertz CT molecular complexity index is 1350. The van der Waals surface area contributed by atoms with Crippen LogP contribution in [0.2, 0.25) is 10.0 Å². The standard InChI is InChI=1S/C25H19Cl2N3O4/c1-34-19-9-2-15(3-10-19)14-28-24(31)17-6-4-16(5-7-17)23-13-22(25(32)33)29-30(23)18-8-11-20(26)21(27)12-18/h2-13H,14H2,1H3,(H,28,31)(H,32,33). The molecule has 0 aliphatic rings. The number of aromatic nitrogens is 2. The van der Waals surface area contributed by atoms with Gasteiger partial charge in [-0.3, -0.25) is 4.79 Å². The number of halogens is 2. The van der Waals surface area contributed by atoms with Gasteiger partial charge in [-0.25, -0.2) is 9.48 Å². The number of ether oxygens (including phenoxy) is 1. The van der Waals surface area contributed by atoms with Crippen molar-refractivity contribution in [3.8, 4) is 22.7 Å². The van der Waals surface area contributed by atoms with Crippen molar-refractivity contribution in [2.24, 2.45) is 0 Å². The van der Waals surface area contributed by atoms with Crippen molar-refractivity contribution in [2.45, 2.75) is 6.54 Å². The second-order valence-electron chi connectivity index (χ2n) is 7.34. The van der Waals surface area contributed by atoms with Crippen molar-refractivity contribution < 1.29 is 19.4 Å². The summed E-state index contributed by atoms with van der Waals surface area (Å²) in [5.74, 6) is -0.641. The van der Waals surface area contributed by atoms with Crippen LogP contribution < -0.4 is 10.1 Å². The minimum absolute atomic E-state index is 0.123. The minimum atomic E-state index is -1.16. The zero-order valence-electron chi connectivity index (χ0n) is 18.0. The Morgan fingerprint density at radius 3 is 2.29 bits per heavy atom. The van der Waals surface area contributed by atoms with Crippen molar-refractivity contribution in [1.82, 2.24) is 15.1 Å². The quantitative estimate of drug-likeness (QED) is 0.353. The molecule has 1 heterocycles. The summed E-state index contributed by atoms with van der Waals surface area (Å²) in [5.41, 5.74) is 3.05. The zero-order valence-corrected chi connectivity index (χ0v) is 19.5. The van der Waals surface area contributed by atoms with E-state index in [4.69, 9.17) is 27.9 Å². The van der Waals surface area contributed by atoms with E-state index < -0.39 is 5.97 Å². The molecule has 9 heteroatoms. The molecule has 0 spiro atoms. The van der Waals surface area contributed by atoms with Gasteiger partial charge in [0.05, 0.1) is 28.5 Å². The van der Waals surface area contributed by atoms with Gasteiger partial charge in [-0.2, -0.15) is 5.10 Å². The molecule has 1 amide bonds. The Morgan fingerprint density at radius 2 is 1.68 bits per heavy atom. The lowest BCUT2D eigenvalue weighted by Crippen LogP contribution is -2.22. The van der Waals surface area contributed by atoms with Crippen LogP contribution in [0.3, 0.4) is 0 Å². The maximum Gasteiger partial charge on any atom is 0.356 e. The maximum atomic E-state index is 12.6. The first-order valence-corrected chi connectivity index (χ1v) is 10.9. The third-order valence-corrected chi connectivity index (χ3v) is 5.87. The Hall–Kier alpha value is -3.81. The van der Waals surface area contributed by atoms with E-state index in [0.29, 0.717) is 39.1 Å². The van der Waals surface area contributed by atoms with E-state index in [9.17, 15) is 14.7 Å². The molecule has 3 aromatic carbocycles. The number of carbonyl (C=O) groups is 2. The summed E-state index contributed by atoms with van der Waals surface area (Å²) in [6.07, 6.45) is 0. The maximum absolute atomic E-state index is 12.6. The number of nitrogens with one attached hydrogen (secondary N) is 1. The number of hydrogen-bond donors (Lipinski definition) is 2. The van der Waals surface area contributed by atoms with Gasteiger partial charge in [0.25, 0.3) is 5.91 Å². The third kappa shape index (κ3) is 5.06. The van der Waals surface area contributed by atoms with Gasteiger partial charge in [0.15, 0.2) is 5.69 Å². The SMILES string of the molecule is COc1ccc(CNC(=O)c2ccc(-c3cc(C(=O)O)nn3-c3ccc(Cl)c(Cl)c3)cc2)cc1. The largest absolute Gasteiger partial charge is 0.497 e. The first kappa shape index (κ1) is 23.4. The molecule has 34 heavy (non-hydrogen) atoms. The van der Waals surface area contributed by atoms with Crippen molar-refractivity contribution in [3.63, 3.8) is 0 Å². The van der Waals surface area contributed by atoms with Gasteiger partial charge in [-0.05, 0) is 54.1 Å². The van der Waals surface area contributed by atoms with Crippen LogP contribution in [0, 0.1) is 0 Å². The van der Waals surface area contributed by atoms with Crippen LogP contribution in [0.4, 0.5) is 0 Å². The van der Waals surface area contributed by atoms with Gasteiger partial charge in [-0.1, -0.05) is 47.5 Å². The molecule has 2 N–H and O–H groups in total. The molecule has 0 aliphatic heterocycles. The van der Waals surface area contributed by atoms with Gasteiger partial charge in [0, 0.05) is 17.7 Å². The second kappa shape index (κ2) is 9.99. The van der Waals surface area contributed by atoms with E-state index in [-0.39, 0.29) is 11.6 Å². The highest BCUT2D eigenvalue weighted by Crippen LogP contribution is 2.29. The molecule has 7 nitrogen and oxygen atoms in total. The Labute approximate surface area is 205 Å². The molecule has 172 valence electrons. The molecule has 0 radical (unpaired) electrons. The molecular weight excluding hydrogens is 477 g/mol. The molecule has 0 aliphatic carbocycles. The van der Waals surface area contributed by atoms with Gasteiger partial charge in [0.2, 0.25) is 0 Å². The van der Waals surface area contributed by atoms with Crippen LogP contribution in [0.5, 0.6) is 5.75 Å². The topological polar surface area (TPSA) is 93.4 Å². The molecule has 0 unspecified atom stereocenters. The molecule has 4 rings (SSSR count). The number of amides is 1. The summed E-state index contributed by atoms with van der Waals surface area (Å²) in [5, 5.41) is 17.2. The highest BCUT2D eigenvalue weighted by atomic mass is 35.5. The summed E-state index contributed by atoms with van der Waals surface area (Å²) in [4.78, 5) is 24.1. The summed E-state index contributed by atoms with van der Waals surface area (Å²) < 4.78 is 6.61. The van der Waals surface area contributed by atoms with Gasteiger partial charge in [-0.15, -0.1) is 0 Å². The molecule has 4 aromatic rings. The fourth-order valence-electron chi connectivity index (χ4n) is 3.33. The number of carbonyl (C=O) groups excluding carboxylic acids is 1. The van der Waals surface area contributed by atoms with Gasteiger partial charge in [0.1, 0.15) is 5.75 Å². The summed E-state index contributed by atoms with van der Waals surface area (Å²) in [6, 6.07) is 20.6. The Kier molecular flexibility index (Phi) is 6.86. The van der Waals surface area contributed by atoms with Crippen molar-refractivity contribution >= 4 is 35.1 Å². The Balaban J connectivity index is 1.56. The number of carboxylic acids is 1. The van der Waals surface area contributed by atoms with Crippen LogP contribution >= 0.6 is 23.2 Å². The number of hydrogen-bond acceptors (Lipinski definition) is 4. The molecule has 0 saturated carbocycles. The predicted molar refractivity (Wildman–Crippen MR) is 130 cm³/mol. The summed E-state index contributed by atoms with van der Waals surface area (Å²) in [6.45, 7) is 0.372. The van der Waals surface area contributed by atoms with Crippen LogP contribution in [-0.4, -0.2) is 33.9 Å². The lowest BCUT2D eigenvalue weighted by Gasteiger charge is -2.10. The van der Waals surface area contributed by atoms with Gasteiger partial charge < -0.3 is 15.2 Å². The van der Waals surface area contributed by atoms with E-state index in [1.54, 1.807) is 49.6 Å². The summed E-state index contributed by atoms with van der Waals surface area (Å²) in [7, 11) is 1.60. The average molecular weight is 496 g/mol. The van der Waals surface area contributed by atoms with E-state index in [1.165, 1.54) is 10.7 Å². The van der Waals surface area contributed by atoms with Crippen LogP contribution in [-0.2, 0) is 6.54 Å². The van der Waals surface area contributed by atoms with Crippen molar-refractivity contribution in [3.05, 3.63) is 99.7 Å². The highest BCUT2D eigenvalue weighted by Gasteiger charge is 2.17. The summed E-state index contributed by atoms with van der Waals surface area (Å²) >= 11 is 12.1. The lowest BCUT2D eigenvalue weighted by atomic mass is 10.1.